The standard InChI is InChI=1S/C8H20N2O2S/c1-4-8-13(11,12)10(3)7-5-6-9-2/h9H,4-8H2,1-3H3. The van der Waals surface area contributed by atoms with E-state index >= 15 is 0 Å². The maximum Gasteiger partial charge on any atom is 0.213 e. The first-order valence-corrected chi connectivity index (χ1v) is 6.24. The molecule has 0 aliphatic heterocycles. The lowest BCUT2D eigenvalue weighted by molar-refractivity contribution is 0.457. The number of sulfonamides is 1. The molecule has 0 aliphatic rings. The average Bonchev–Trinajstić information content (AvgIpc) is 2.04. The van der Waals surface area contributed by atoms with Crippen molar-refractivity contribution in [2.75, 3.05) is 32.9 Å². The minimum absolute atomic E-state index is 0.253. The smallest absolute Gasteiger partial charge is 0.213 e. The number of nitrogens with one attached hydrogen (secondary N) is 1. The average molecular weight is 208 g/mol. The lowest BCUT2D eigenvalue weighted by Crippen LogP contribution is -2.31. The van der Waals surface area contributed by atoms with Crippen LogP contribution in [-0.2, 0) is 10.0 Å². The molecule has 0 atom stereocenters. The van der Waals surface area contributed by atoms with E-state index in [0.29, 0.717) is 13.0 Å². The van der Waals surface area contributed by atoms with Crippen molar-refractivity contribution in [2.45, 2.75) is 19.8 Å². The molecule has 0 rings (SSSR count). The van der Waals surface area contributed by atoms with E-state index in [2.05, 4.69) is 5.32 Å². The molecule has 0 saturated carbocycles. The quantitative estimate of drug-likeness (QED) is 0.611. The third-order valence-corrected chi connectivity index (χ3v) is 3.89. The highest BCUT2D eigenvalue weighted by Gasteiger charge is 2.15. The summed E-state index contributed by atoms with van der Waals surface area (Å²) in [6.07, 6.45) is 1.54. The molecule has 0 heterocycles. The fraction of sp³-hybridized carbons (Fsp3) is 1.00. The number of rotatable bonds is 7. The molecule has 13 heavy (non-hydrogen) atoms. The zero-order chi connectivity index (χ0) is 10.3. The molecule has 0 bridgehead atoms. The molecule has 0 spiro atoms. The summed E-state index contributed by atoms with van der Waals surface area (Å²) in [5.41, 5.74) is 0. The second-order valence-electron chi connectivity index (χ2n) is 3.09. The highest BCUT2D eigenvalue weighted by molar-refractivity contribution is 7.89. The molecular weight excluding hydrogens is 188 g/mol. The van der Waals surface area contributed by atoms with Gasteiger partial charge in [0.2, 0.25) is 10.0 Å². The van der Waals surface area contributed by atoms with E-state index in [-0.39, 0.29) is 5.75 Å². The Morgan fingerprint density at radius 2 is 2.00 bits per heavy atom. The van der Waals surface area contributed by atoms with Gasteiger partial charge in [0, 0.05) is 13.6 Å². The molecule has 0 amide bonds. The highest BCUT2D eigenvalue weighted by atomic mass is 32.2. The summed E-state index contributed by atoms with van der Waals surface area (Å²) in [4.78, 5) is 0. The van der Waals surface area contributed by atoms with Gasteiger partial charge in [-0.25, -0.2) is 12.7 Å². The van der Waals surface area contributed by atoms with E-state index in [9.17, 15) is 8.42 Å². The molecule has 0 aromatic heterocycles. The van der Waals surface area contributed by atoms with Crippen molar-refractivity contribution in [2.24, 2.45) is 0 Å². The van der Waals surface area contributed by atoms with Crippen molar-refractivity contribution in [1.82, 2.24) is 9.62 Å². The summed E-state index contributed by atoms with van der Waals surface area (Å²) in [5, 5.41) is 2.99. The molecule has 0 saturated heterocycles. The molecular formula is C8H20N2O2S. The minimum atomic E-state index is -2.99. The molecule has 0 aromatic carbocycles. The van der Waals surface area contributed by atoms with Gasteiger partial charge in [0.05, 0.1) is 5.75 Å². The Kier molecular flexibility index (Phi) is 6.28. The van der Waals surface area contributed by atoms with Crippen LogP contribution in [0.4, 0.5) is 0 Å². The largest absolute Gasteiger partial charge is 0.320 e. The van der Waals surface area contributed by atoms with Gasteiger partial charge in [-0.3, -0.25) is 0 Å². The summed E-state index contributed by atoms with van der Waals surface area (Å²) >= 11 is 0. The Labute approximate surface area is 81.4 Å². The molecule has 0 radical (unpaired) electrons. The van der Waals surface area contributed by atoms with Crippen LogP contribution in [0.2, 0.25) is 0 Å². The van der Waals surface area contributed by atoms with Crippen molar-refractivity contribution < 1.29 is 8.42 Å². The normalized spacial score (nSPS) is 12.3. The molecule has 0 aliphatic carbocycles. The zero-order valence-corrected chi connectivity index (χ0v) is 9.52. The van der Waals surface area contributed by atoms with Gasteiger partial charge in [0.25, 0.3) is 0 Å². The third-order valence-electron chi connectivity index (χ3n) is 1.84. The lowest BCUT2D eigenvalue weighted by Gasteiger charge is -2.16. The lowest BCUT2D eigenvalue weighted by atomic mass is 10.4. The van der Waals surface area contributed by atoms with Crippen LogP contribution in [-0.4, -0.2) is 45.7 Å². The van der Waals surface area contributed by atoms with Crippen molar-refractivity contribution in [3.63, 3.8) is 0 Å². The monoisotopic (exact) mass is 208 g/mol. The van der Waals surface area contributed by atoms with E-state index < -0.39 is 10.0 Å². The van der Waals surface area contributed by atoms with E-state index in [1.165, 1.54) is 4.31 Å². The predicted molar refractivity (Wildman–Crippen MR) is 55.3 cm³/mol. The van der Waals surface area contributed by atoms with Gasteiger partial charge < -0.3 is 5.32 Å². The maximum absolute atomic E-state index is 11.4. The van der Waals surface area contributed by atoms with Gasteiger partial charge in [-0.05, 0) is 26.4 Å². The van der Waals surface area contributed by atoms with E-state index in [1.807, 2.05) is 14.0 Å². The van der Waals surface area contributed by atoms with Gasteiger partial charge in [-0.2, -0.15) is 0 Å². The Balaban J connectivity index is 3.87. The molecule has 0 fully saturated rings. The Morgan fingerprint density at radius 3 is 2.46 bits per heavy atom. The van der Waals surface area contributed by atoms with Gasteiger partial charge in [0.1, 0.15) is 0 Å². The third kappa shape index (κ3) is 5.23. The van der Waals surface area contributed by atoms with Crippen molar-refractivity contribution in [3.05, 3.63) is 0 Å². The summed E-state index contributed by atoms with van der Waals surface area (Å²) in [6, 6.07) is 0. The minimum Gasteiger partial charge on any atom is -0.320 e. The first-order valence-electron chi connectivity index (χ1n) is 4.63. The van der Waals surface area contributed by atoms with E-state index in [1.54, 1.807) is 7.05 Å². The van der Waals surface area contributed by atoms with Gasteiger partial charge in [-0.1, -0.05) is 6.92 Å². The Hall–Kier alpha value is -0.130. The van der Waals surface area contributed by atoms with Crippen molar-refractivity contribution in [1.29, 1.82) is 0 Å². The number of hydrogen-bond acceptors (Lipinski definition) is 3. The molecule has 4 nitrogen and oxygen atoms in total. The summed E-state index contributed by atoms with van der Waals surface area (Å²) in [7, 11) is 0.516. The maximum atomic E-state index is 11.4. The van der Waals surface area contributed by atoms with Crippen LogP contribution in [0, 0.1) is 0 Å². The Bertz CT molecular complexity index is 214. The molecule has 1 N–H and O–H groups in total. The summed E-state index contributed by atoms with van der Waals surface area (Å²) in [5.74, 6) is 0.253. The van der Waals surface area contributed by atoms with E-state index in [4.69, 9.17) is 0 Å². The van der Waals surface area contributed by atoms with Gasteiger partial charge >= 0.3 is 0 Å². The van der Waals surface area contributed by atoms with Gasteiger partial charge in [-0.15, -0.1) is 0 Å². The number of hydrogen-bond donors (Lipinski definition) is 1. The van der Waals surface area contributed by atoms with Crippen molar-refractivity contribution in [3.8, 4) is 0 Å². The fourth-order valence-electron chi connectivity index (χ4n) is 1.03. The van der Waals surface area contributed by atoms with Crippen LogP contribution in [0.15, 0.2) is 0 Å². The second kappa shape index (κ2) is 6.34. The molecule has 0 unspecified atom stereocenters. The second-order valence-corrected chi connectivity index (χ2v) is 5.29. The topological polar surface area (TPSA) is 49.4 Å². The summed E-state index contributed by atoms with van der Waals surface area (Å²) in [6.45, 7) is 3.33. The molecule has 5 heteroatoms. The van der Waals surface area contributed by atoms with Crippen molar-refractivity contribution >= 4 is 10.0 Å². The predicted octanol–water partition coefficient (Wildman–Crippen LogP) is 0.267. The fourth-order valence-corrected chi connectivity index (χ4v) is 2.27. The number of nitrogens with zero attached hydrogens (tertiary/aromatic N) is 1. The highest BCUT2D eigenvalue weighted by Crippen LogP contribution is 2.00. The first-order chi connectivity index (χ1) is 6.04. The van der Waals surface area contributed by atoms with Gasteiger partial charge in [0.15, 0.2) is 0 Å². The van der Waals surface area contributed by atoms with Crippen LogP contribution in [0.25, 0.3) is 0 Å². The van der Waals surface area contributed by atoms with E-state index in [0.717, 1.165) is 13.0 Å². The summed E-state index contributed by atoms with van der Waals surface area (Å²) < 4.78 is 24.3. The van der Waals surface area contributed by atoms with Crippen LogP contribution in [0.3, 0.4) is 0 Å². The zero-order valence-electron chi connectivity index (χ0n) is 8.71. The van der Waals surface area contributed by atoms with Crippen LogP contribution in [0.1, 0.15) is 19.8 Å². The molecule has 80 valence electrons. The molecule has 0 aromatic rings. The van der Waals surface area contributed by atoms with Crippen LogP contribution in [0.5, 0.6) is 0 Å². The van der Waals surface area contributed by atoms with Crippen LogP contribution >= 0.6 is 0 Å². The Morgan fingerprint density at radius 1 is 1.38 bits per heavy atom. The SMILES string of the molecule is CCCS(=O)(=O)N(C)CCCNC. The van der Waals surface area contributed by atoms with Crippen LogP contribution < -0.4 is 5.32 Å². The first kappa shape index (κ1) is 12.9.